The predicted molar refractivity (Wildman–Crippen MR) is 114 cm³/mol. The van der Waals surface area contributed by atoms with Crippen molar-refractivity contribution >= 4 is 35.3 Å². The third kappa shape index (κ3) is 4.41. The molecule has 0 saturated carbocycles. The van der Waals surface area contributed by atoms with Crippen LogP contribution in [0.3, 0.4) is 0 Å². The number of amides is 6. The number of hydrogen-bond donors (Lipinski definition) is 3. The van der Waals surface area contributed by atoms with Crippen molar-refractivity contribution in [2.75, 3.05) is 11.9 Å². The number of imide groups is 2. The molecule has 1 saturated heterocycles. The smallest absolute Gasteiger partial charge is 0.319 e. The number of carbonyl (C=O) groups excluding carboxylic acids is 4. The largest absolute Gasteiger partial charge is 0.325 e. The number of anilines is 1. The number of urea groups is 2. The van der Waals surface area contributed by atoms with Gasteiger partial charge in [-0.15, -0.1) is 0 Å². The van der Waals surface area contributed by atoms with Crippen LogP contribution >= 0.6 is 0 Å². The second-order valence-electron chi connectivity index (χ2n) is 7.57. The Labute approximate surface area is 182 Å². The van der Waals surface area contributed by atoms with Crippen LogP contribution in [0.2, 0.25) is 0 Å². The average Bonchev–Trinajstić information content (AvgIpc) is 2.94. The lowest BCUT2D eigenvalue weighted by Crippen LogP contribution is -2.45. The molecule has 3 rings (SSSR count). The first kappa shape index (κ1) is 22.4. The van der Waals surface area contributed by atoms with Crippen molar-refractivity contribution in [3.63, 3.8) is 0 Å². The van der Waals surface area contributed by atoms with Gasteiger partial charge >= 0.3 is 12.1 Å². The average molecular weight is 439 g/mol. The number of nitrogens with zero attached hydrogens (tertiary/aromatic N) is 2. The van der Waals surface area contributed by atoms with Gasteiger partial charge in [0.25, 0.3) is 11.6 Å². The van der Waals surface area contributed by atoms with E-state index in [4.69, 9.17) is 0 Å². The van der Waals surface area contributed by atoms with Crippen molar-refractivity contribution in [1.29, 1.82) is 0 Å². The van der Waals surface area contributed by atoms with E-state index in [1.165, 1.54) is 31.2 Å². The molecule has 0 bridgehead atoms. The Balaban J connectivity index is 1.66. The molecule has 2 aromatic rings. The van der Waals surface area contributed by atoms with Crippen LogP contribution in [0.1, 0.15) is 23.6 Å². The van der Waals surface area contributed by atoms with E-state index >= 15 is 0 Å². The van der Waals surface area contributed by atoms with E-state index in [9.17, 15) is 29.3 Å². The molecule has 11 heteroatoms. The van der Waals surface area contributed by atoms with Crippen molar-refractivity contribution in [3.8, 4) is 0 Å². The minimum Gasteiger partial charge on any atom is -0.319 e. The Bertz CT molecular complexity index is 1130. The fraction of sp³-hybridized carbons (Fsp3) is 0.238. The third-order valence-corrected chi connectivity index (χ3v) is 5.12. The van der Waals surface area contributed by atoms with Crippen LogP contribution in [0, 0.1) is 24.0 Å². The molecule has 1 aliphatic heterocycles. The molecule has 166 valence electrons. The summed E-state index contributed by atoms with van der Waals surface area (Å²) in [5.74, 6) is -1.58. The maximum Gasteiger partial charge on any atom is 0.325 e. The molecule has 0 aliphatic carbocycles. The van der Waals surface area contributed by atoms with E-state index in [2.05, 4.69) is 16.0 Å². The van der Waals surface area contributed by atoms with E-state index < -0.39 is 40.9 Å². The Hall–Kier alpha value is -4.28. The highest BCUT2D eigenvalue weighted by atomic mass is 16.6. The zero-order valence-corrected chi connectivity index (χ0v) is 17.6. The molecule has 6 amide bonds. The van der Waals surface area contributed by atoms with Gasteiger partial charge in [-0.05, 0) is 50.1 Å². The molecule has 0 spiro atoms. The monoisotopic (exact) mass is 439 g/mol. The summed E-state index contributed by atoms with van der Waals surface area (Å²) in [6, 6.07) is 8.89. The molecule has 11 nitrogen and oxygen atoms in total. The summed E-state index contributed by atoms with van der Waals surface area (Å²) in [7, 11) is 0. The first-order chi connectivity index (χ1) is 15.0. The molecule has 1 heterocycles. The summed E-state index contributed by atoms with van der Waals surface area (Å²) in [5, 5.41) is 17.9. The van der Waals surface area contributed by atoms with Crippen LogP contribution in [-0.4, -0.2) is 40.2 Å². The highest BCUT2D eigenvalue weighted by molar-refractivity contribution is 6.10. The van der Waals surface area contributed by atoms with Crippen molar-refractivity contribution in [3.05, 3.63) is 69.3 Å². The van der Waals surface area contributed by atoms with E-state index in [-0.39, 0.29) is 5.69 Å². The topological polar surface area (TPSA) is 151 Å². The summed E-state index contributed by atoms with van der Waals surface area (Å²) in [6.07, 6.45) is 0. The van der Waals surface area contributed by atoms with Crippen molar-refractivity contribution in [1.82, 2.24) is 15.5 Å². The van der Waals surface area contributed by atoms with Gasteiger partial charge < -0.3 is 10.6 Å². The van der Waals surface area contributed by atoms with Gasteiger partial charge in [-0.3, -0.25) is 29.9 Å². The standard InChI is InChI=1S/C21H21N5O6/c1-12-4-9-16(13(2)10-12)22-19(29)23-17(27)11-25-18(28)21(3,24-20(25)30)14-5-7-15(8-6-14)26(31)32/h4-10H,11H2,1-3H3,(H,24,30)(H2,22,23,27,29)/t21-/m0/s1. The Morgan fingerprint density at radius 3 is 2.38 bits per heavy atom. The fourth-order valence-electron chi connectivity index (χ4n) is 3.37. The van der Waals surface area contributed by atoms with E-state index in [0.717, 1.165) is 11.1 Å². The molecule has 2 aromatic carbocycles. The lowest BCUT2D eigenvalue weighted by atomic mass is 9.92. The van der Waals surface area contributed by atoms with Gasteiger partial charge in [0.2, 0.25) is 5.91 Å². The van der Waals surface area contributed by atoms with Gasteiger partial charge in [0.05, 0.1) is 4.92 Å². The second-order valence-corrected chi connectivity index (χ2v) is 7.57. The van der Waals surface area contributed by atoms with Crippen LogP contribution in [-0.2, 0) is 15.1 Å². The SMILES string of the molecule is Cc1ccc(NC(=O)NC(=O)CN2C(=O)N[C@@](C)(c3ccc([N+](=O)[O-])cc3)C2=O)c(C)c1. The lowest BCUT2D eigenvalue weighted by Gasteiger charge is -2.22. The first-order valence-corrected chi connectivity index (χ1v) is 9.58. The highest BCUT2D eigenvalue weighted by Gasteiger charge is 2.49. The molecule has 0 unspecified atom stereocenters. The zero-order chi connectivity index (χ0) is 23.6. The maximum atomic E-state index is 12.9. The van der Waals surface area contributed by atoms with E-state index in [1.807, 2.05) is 13.0 Å². The number of benzene rings is 2. The van der Waals surface area contributed by atoms with Crippen LogP contribution < -0.4 is 16.0 Å². The molecular formula is C21H21N5O6. The quantitative estimate of drug-likeness (QED) is 0.370. The number of rotatable bonds is 5. The zero-order valence-electron chi connectivity index (χ0n) is 17.6. The number of nitro groups is 1. The molecule has 32 heavy (non-hydrogen) atoms. The Morgan fingerprint density at radius 1 is 1.12 bits per heavy atom. The van der Waals surface area contributed by atoms with Gasteiger partial charge in [0.15, 0.2) is 0 Å². The number of aryl methyl sites for hydroxylation is 2. The van der Waals surface area contributed by atoms with Crippen molar-refractivity contribution in [2.24, 2.45) is 0 Å². The summed E-state index contributed by atoms with van der Waals surface area (Å²) in [4.78, 5) is 60.5. The van der Waals surface area contributed by atoms with E-state index in [0.29, 0.717) is 16.2 Å². The molecule has 0 aromatic heterocycles. The molecule has 0 radical (unpaired) electrons. The lowest BCUT2D eigenvalue weighted by molar-refractivity contribution is -0.384. The van der Waals surface area contributed by atoms with Crippen LogP contribution in [0.5, 0.6) is 0 Å². The van der Waals surface area contributed by atoms with Gasteiger partial charge in [-0.2, -0.15) is 0 Å². The van der Waals surface area contributed by atoms with Gasteiger partial charge in [0, 0.05) is 17.8 Å². The summed E-state index contributed by atoms with van der Waals surface area (Å²) < 4.78 is 0. The number of nitrogens with one attached hydrogen (secondary N) is 3. The second kappa shape index (κ2) is 8.46. The Morgan fingerprint density at radius 2 is 1.78 bits per heavy atom. The minimum absolute atomic E-state index is 0.166. The molecule has 1 fully saturated rings. The number of carbonyl (C=O) groups is 4. The van der Waals surface area contributed by atoms with Gasteiger partial charge in [0.1, 0.15) is 12.1 Å². The minimum atomic E-state index is -1.51. The third-order valence-electron chi connectivity index (χ3n) is 5.12. The number of hydrogen-bond acceptors (Lipinski definition) is 6. The molecule has 1 atom stereocenters. The van der Waals surface area contributed by atoms with Gasteiger partial charge in [-0.1, -0.05) is 17.7 Å². The number of non-ortho nitro benzene ring substituents is 1. The fourth-order valence-corrected chi connectivity index (χ4v) is 3.37. The molecule has 3 N–H and O–H groups in total. The number of nitro benzene ring substituents is 1. The van der Waals surface area contributed by atoms with Crippen LogP contribution in [0.25, 0.3) is 0 Å². The normalized spacial score (nSPS) is 17.7. The van der Waals surface area contributed by atoms with Gasteiger partial charge in [-0.25, -0.2) is 9.59 Å². The highest BCUT2D eigenvalue weighted by Crippen LogP contribution is 2.29. The first-order valence-electron chi connectivity index (χ1n) is 9.58. The molecular weight excluding hydrogens is 418 g/mol. The van der Waals surface area contributed by atoms with Crippen LogP contribution in [0.15, 0.2) is 42.5 Å². The van der Waals surface area contributed by atoms with Crippen molar-refractivity contribution in [2.45, 2.75) is 26.3 Å². The predicted octanol–water partition coefficient (Wildman–Crippen LogP) is 2.33. The summed E-state index contributed by atoms with van der Waals surface area (Å²) >= 11 is 0. The summed E-state index contributed by atoms with van der Waals surface area (Å²) in [6.45, 7) is 4.46. The summed E-state index contributed by atoms with van der Waals surface area (Å²) in [5.41, 5.74) is 0.979. The van der Waals surface area contributed by atoms with Crippen molar-refractivity contribution < 1.29 is 24.1 Å². The van der Waals surface area contributed by atoms with Crippen LogP contribution in [0.4, 0.5) is 21.0 Å². The van der Waals surface area contributed by atoms with E-state index in [1.54, 1.807) is 19.1 Å². The molecule has 1 aliphatic rings. The maximum absolute atomic E-state index is 12.9. The Kier molecular flexibility index (Phi) is 5.92.